The van der Waals surface area contributed by atoms with Crippen molar-refractivity contribution in [3.05, 3.63) is 11.1 Å². The first kappa shape index (κ1) is 13.8. The maximum atomic E-state index is 12.3. The Morgan fingerprint density at radius 3 is 1.74 bits per heavy atom. The maximum absolute atomic E-state index is 12.3. The minimum atomic E-state index is -0.486. The lowest BCUT2D eigenvalue weighted by Gasteiger charge is -2.34. The second kappa shape index (κ2) is 5.55. The van der Waals surface area contributed by atoms with Crippen LogP contribution >= 0.6 is 0 Å². The standard InChI is InChI=1S/C14H20N2O3/c1-3-15-12(17)11(10-8-6-5-7-9-10)13(18)16(4-2)14(15)19/h3-9H2,1-2H3. The molecule has 0 aromatic rings. The zero-order chi connectivity index (χ0) is 14.0. The summed E-state index contributed by atoms with van der Waals surface area (Å²) in [6.07, 6.45) is 4.79. The van der Waals surface area contributed by atoms with Crippen molar-refractivity contribution in [3.63, 3.8) is 0 Å². The van der Waals surface area contributed by atoms with Crippen LogP contribution in [0.1, 0.15) is 46.0 Å². The van der Waals surface area contributed by atoms with Gasteiger partial charge in [-0.2, -0.15) is 0 Å². The Morgan fingerprint density at radius 1 is 0.842 bits per heavy atom. The number of amides is 4. The second-order valence-electron chi connectivity index (χ2n) is 4.92. The molecule has 5 nitrogen and oxygen atoms in total. The van der Waals surface area contributed by atoms with E-state index in [4.69, 9.17) is 0 Å². The fourth-order valence-electron chi connectivity index (χ4n) is 2.77. The molecule has 1 aliphatic carbocycles. The topological polar surface area (TPSA) is 57.7 Å². The average molecular weight is 264 g/mol. The lowest BCUT2D eigenvalue weighted by atomic mass is 9.89. The fourth-order valence-corrected chi connectivity index (χ4v) is 2.77. The van der Waals surface area contributed by atoms with E-state index in [0.717, 1.165) is 37.7 Å². The van der Waals surface area contributed by atoms with Gasteiger partial charge in [0, 0.05) is 13.1 Å². The number of barbiturate groups is 1. The Bertz CT molecular complexity index is 418. The minimum absolute atomic E-state index is 0.253. The van der Waals surface area contributed by atoms with Crippen LogP contribution in [0.2, 0.25) is 0 Å². The number of imide groups is 2. The number of urea groups is 1. The molecular formula is C14H20N2O3. The van der Waals surface area contributed by atoms with Gasteiger partial charge in [-0.1, -0.05) is 12.0 Å². The van der Waals surface area contributed by atoms with Crippen LogP contribution in [0.15, 0.2) is 11.1 Å². The molecule has 4 amide bonds. The Hall–Kier alpha value is -1.65. The third-order valence-corrected chi connectivity index (χ3v) is 3.82. The van der Waals surface area contributed by atoms with E-state index >= 15 is 0 Å². The molecular weight excluding hydrogens is 244 g/mol. The van der Waals surface area contributed by atoms with Gasteiger partial charge in [-0.3, -0.25) is 19.4 Å². The summed E-state index contributed by atoms with van der Waals surface area (Å²) in [6, 6.07) is -0.486. The number of hydrogen-bond acceptors (Lipinski definition) is 3. The molecule has 0 N–H and O–H groups in total. The number of carbonyl (C=O) groups excluding carboxylic acids is 3. The molecule has 1 heterocycles. The third kappa shape index (κ3) is 2.29. The van der Waals surface area contributed by atoms with Crippen LogP contribution in [0.5, 0.6) is 0 Å². The van der Waals surface area contributed by atoms with Crippen LogP contribution in [0.3, 0.4) is 0 Å². The fraction of sp³-hybridized carbons (Fsp3) is 0.643. The summed E-state index contributed by atoms with van der Waals surface area (Å²) in [6.45, 7) is 4.11. The zero-order valence-corrected chi connectivity index (χ0v) is 11.6. The summed E-state index contributed by atoms with van der Waals surface area (Å²) in [5.41, 5.74) is 1.19. The first-order valence-corrected chi connectivity index (χ1v) is 7.01. The van der Waals surface area contributed by atoms with E-state index in [0.29, 0.717) is 13.1 Å². The summed E-state index contributed by atoms with van der Waals surface area (Å²) in [5, 5.41) is 0. The van der Waals surface area contributed by atoms with Crippen LogP contribution in [-0.2, 0) is 9.59 Å². The first-order valence-electron chi connectivity index (χ1n) is 7.01. The van der Waals surface area contributed by atoms with Gasteiger partial charge < -0.3 is 0 Å². The van der Waals surface area contributed by atoms with Gasteiger partial charge in [0.15, 0.2) is 0 Å². The Labute approximate surface area is 113 Å². The van der Waals surface area contributed by atoms with Gasteiger partial charge in [0.1, 0.15) is 5.57 Å². The molecule has 0 aromatic carbocycles. The molecule has 0 spiro atoms. The van der Waals surface area contributed by atoms with Gasteiger partial charge in [-0.25, -0.2) is 4.79 Å². The van der Waals surface area contributed by atoms with E-state index in [9.17, 15) is 14.4 Å². The minimum Gasteiger partial charge on any atom is -0.268 e. The number of rotatable bonds is 2. The van der Waals surface area contributed by atoms with Crippen molar-refractivity contribution in [1.82, 2.24) is 9.80 Å². The van der Waals surface area contributed by atoms with Gasteiger partial charge in [0.25, 0.3) is 11.8 Å². The number of carbonyl (C=O) groups is 3. The van der Waals surface area contributed by atoms with E-state index in [1.807, 2.05) is 0 Å². The van der Waals surface area contributed by atoms with Crippen molar-refractivity contribution in [3.8, 4) is 0 Å². The highest BCUT2D eigenvalue weighted by atomic mass is 16.2. The molecule has 0 aromatic heterocycles. The van der Waals surface area contributed by atoms with Crippen LogP contribution in [0.4, 0.5) is 4.79 Å². The normalized spacial score (nSPS) is 21.5. The number of likely N-dealkylation sites (N-methyl/N-ethyl adjacent to an activating group) is 2. The highest BCUT2D eigenvalue weighted by molar-refractivity contribution is 6.29. The van der Waals surface area contributed by atoms with E-state index in [-0.39, 0.29) is 5.57 Å². The SMILES string of the molecule is CCN1C(=O)C(=C2CCCCC2)C(=O)N(CC)C1=O. The van der Waals surface area contributed by atoms with Crippen LogP contribution in [-0.4, -0.2) is 40.7 Å². The summed E-state index contributed by atoms with van der Waals surface area (Å²) in [5.74, 6) is -0.807. The molecule has 2 rings (SSSR count). The highest BCUT2D eigenvalue weighted by Crippen LogP contribution is 2.29. The van der Waals surface area contributed by atoms with Gasteiger partial charge >= 0.3 is 6.03 Å². The van der Waals surface area contributed by atoms with Crippen LogP contribution in [0.25, 0.3) is 0 Å². The van der Waals surface area contributed by atoms with E-state index in [1.165, 1.54) is 9.80 Å². The largest absolute Gasteiger partial charge is 0.333 e. The summed E-state index contributed by atoms with van der Waals surface area (Å²) < 4.78 is 0. The van der Waals surface area contributed by atoms with E-state index in [2.05, 4.69) is 0 Å². The van der Waals surface area contributed by atoms with Crippen molar-refractivity contribution in [2.24, 2.45) is 0 Å². The highest BCUT2D eigenvalue weighted by Gasteiger charge is 2.41. The molecule has 19 heavy (non-hydrogen) atoms. The first-order chi connectivity index (χ1) is 9.11. The van der Waals surface area contributed by atoms with E-state index < -0.39 is 17.8 Å². The quantitative estimate of drug-likeness (QED) is 0.566. The van der Waals surface area contributed by atoms with Crippen LogP contribution < -0.4 is 0 Å². The molecule has 0 atom stereocenters. The van der Waals surface area contributed by atoms with Gasteiger partial charge in [-0.05, 0) is 39.5 Å². The number of hydrogen-bond donors (Lipinski definition) is 0. The molecule has 1 saturated carbocycles. The predicted molar refractivity (Wildman–Crippen MR) is 70.3 cm³/mol. The smallest absolute Gasteiger partial charge is 0.268 e. The molecule has 2 fully saturated rings. The lowest BCUT2D eigenvalue weighted by molar-refractivity contribution is -0.135. The molecule has 1 saturated heterocycles. The van der Waals surface area contributed by atoms with Crippen molar-refractivity contribution < 1.29 is 14.4 Å². The molecule has 1 aliphatic heterocycles. The Kier molecular flexibility index (Phi) is 4.02. The van der Waals surface area contributed by atoms with Crippen LogP contribution in [0, 0.1) is 0 Å². The molecule has 5 heteroatoms. The Balaban J connectivity index is 2.43. The van der Waals surface area contributed by atoms with Gasteiger partial charge in [0.2, 0.25) is 0 Å². The number of nitrogens with zero attached hydrogens (tertiary/aromatic N) is 2. The summed E-state index contributed by atoms with van der Waals surface area (Å²) in [4.78, 5) is 39.0. The lowest BCUT2D eigenvalue weighted by Crippen LogP contribution is -2.56. The van der Waals surface area contributed by atoms with Crippen molar-refractivity contribution in [1.29, 1.82) is 0 Å². The van der Waals surface area contributed by atoms with Crippen molar-refractivity contribution in [2.75, 3.05) is 13.1 Å². The monoisotopic (exact) mass is 264 g/mol. The van der Waals surface area contributed by atoms with Gasteiger partial charge in [0.05, 0.1) is 0 Å². The summed E-state index contributed by atoms with van der Waals surface area (Å²) in [7, 11) is 0. The Morgan fingerprint density at radius 2 is 1.32 bits per heavy atom. The molecule has 0 radical (unpaired) electrons. The molecule has 0 bridgehead atoms. The third-order valence-electron chi connectivity index (χ3n) is 3.82. The van der Waals surface area contributed by atoms with Gasteiger partial charge in [-0.15, -0.1) is 0 Å². The van der Waals surface area contributed by atoms with Crippen molar-refractivity contribution in [2.45, 2.75) is 46.0 Å². The van der Waals surface area contributed by atoms with Crippen molar-refractivity contribution >= 4 is 17.8 Å². The maximum Gasteiger partial charge on any atom is 0.333 e. The zero-order valence-electron chi connectivity index (χ0n) is 11.6. The van der Waals surface area contributed by atoms with E-state index in [1.54, 1.807) is 13.8 Å². The molecule has 104 valence electrons. The molecule has 0 unspecified atom stereocenters. The predicted octanol–water partition coefficient (Wildman–Crippen LogP) is 2.08. The summed E-state index contributed by atoms with van der Waals surface area (Å²) >= 11 is 0. The average Bonchev–Trinajstić information content (AvgIpc) is 2.41. The number of allylic oxidation sites excluding steroid dienone is 1. The second-order valence-corrected chi connectivity index (χ2v) is 4.92. The molecule has 2 aliphatic rings.